The number of ketones is 1. The van der Waals surface area contributed by atoms with E-state index >= 15 is 0 Å². The maximum Gasteiger partial charge on any atom is 0.183 e. The van der Waals surface area contributed by atoms with Crippen LogP contribution in [0.1, 0.15) is 24.2 Å². The zero-order chi connectivity index (χ0) is 13.4. The van der Waals surface area contributed by atoms with Gasteiger partial charge in [0.1, 0.15) is 10.6 Å². The summed E-state index contributed by atoms with van der Waals surface area (Å²) >= 11 is 2.95. The van der Waals surface area contributed by atoms with Crippen molar-refractivity contribution in [3.8, 4) is 0 Å². The van der Waals surface area contributed by atoms with Gasteiger partial charge in [-0.25, -0.2) is 12.8 Å². The van der Waals surface area contributed by atoms with Crippen molar-refractivity contribution >= 4 is 31.6 Å². The fourth-order valence-electron chi connectivity index (χ4n) is 1.15. The van der Waals surface area contributed by atoms with Crippen LogP contribution in [0.15, 0.2) is 22.7 Å². The molecule has 0 saturated heterocycles. The highest BCUT2D eigenvalue weighted by Crippen LogP contribution is 2.24. The summed E-state index contributed by atoms with van der Waals surface area (Å²) in [6, 6.07) is 3.68. The van der Waals surface area contributed by atoms with Gasteiger partial charge >= 0.3 is 0 Å². The van der Waals surface area contributed by atoms with Gasteiger partial charge in [-0.1, -0.05) is 0 Å². The van der Waals surface area contributed by atoms with Gasteiger partial charge in [0.05, 0.1) is 4.47 Å². The van der Waals surface area contributed by atoms with E-state index in [1.807, 2.05) is 0 Å². The van der Waals surface area contributed by atoms with Crippen molar-refractivity contribution < 1.29 is 17.6 Å². The number of carbonyl (C=O) groups excluding carboxylic acids is 1. The van der Waals surface area contributed by atoms with Crippen molar-refractivity contribution in [2.75, 3.05) is 6.26 Å². The molecule has 0 spiro atoms. The summed E-state index contributed by atoms with van der Waals surface area (Å²) in [6.07, 6.45) is 1.00. The van der Waals surface area contributed by atoms with E-state index in [9.17, 15) is 17.6 Å². The van der Waals surface area contributed by atoms with E-state index in [1.165, 1.54) is 26.0 Å². The van der Waals surface area contributed by atoms with Crippen molar-refractivity contribution in [2.24, 2.45) is 0 Å². The van der Waals surface area contributed by atoms with Gasteiger partial charge in [-0.15, -0.1) is 0 Å². The largest absolute Gasteiger partial charge is 0.292 e. The molecule has 0 amide bonds. The molecule has 0 aliphatic heterocycles. The fraction of sp³-hybridized carbons (Fsp3) is 0.364. The summed E-state index contributed by atoms with van der Waals surface area (Å²) in [7, 11) is -3.53. The maximum atomic E-state index is 13.0. The van der Waals surface area contributed by atoms with Gasteiger partial charge < -0.3 is 0 Å². The molecular formula is C11H12BrFO3S. The first-order valence-electron chi connectivity index (χ1n) is 4.77. The van der Waals surface area contributed by atoms with Gasteiger partial charge in [0, 0.05) is 11.8 Å². The van der Waals surface area contributed by atoms with Crippen molar-refractivity contribution in [3.63, 3.8) is 0 Å². The van der Waals surface area contributed by atoms with E-state index in [4.69, 9.17) is 0 Å². The lowest BCUT2D eigenvalue weighted by Gasteiger charge is -2.20. The van der Waals surface area contributed by atoms with E-state index in [0.29, 0.717) is 0 Å². The number of sulfone groups is 1. The van der Waals surface area contributed by atoms with Gasteiger partial charge in [0.25, 0.3) is 0 Å². The smallest absolute Gasteiger partial charge is 0.183 e. The van der Waals surface area contributed by atoms with E-state index in [-0.39, 0.29) is 10.0 Å². The Bertz CT molecular complexity index is 564. The van der Waals surface area contributed by atoms with E-state index < -0.39 is 26.2 Å². The molecule has 0 aromatic heterocycles. The highest BCUT2D eigenvalue weighted by atomic mass is 79.9. The van der Waals surface area contributed by atoms with Gasteiger partial charge in [0.2, 0.25) is 0 Å². The molecule has 0 heterocycles. The van der Waals surface area contributed by atoms with E-state index in [2.05, 4.69) is 15.9 Å². The van der Waals surface area contributed by atoms with Crippen LogP contribution in [0.4, 0.5) is 4.39 Å². The first-order valence-corrected chi connectivity index (χ1v) is 7.45. The van der Waals surface area contributed by atoms with Gasteiger partial charge in [-0.05, 0) is 48.0 Å². The Hall–Kier alpha value is -0.750. The van der Waals surface area contributed by atoms with Crippen molar-refractivity contribution in [1.29, 1.82) is 0 Å². The average molecular weight is 323 g/mol. The number of hydrogen-bond acceptors (Lipinski definition) is 3. The second-order valence-electron chi connectivity index (χ2n) is 4.24. The SMILES string of the molecule is CC(C)(C(=O)c1ccc(F)c(Br)c1)S(C)(=O)=O. The van der Waals surface area contributed by atoms with Crippen LogP contribution in [0.3, 0.4) is 0 Å². The number of hydrogen-bond donors (Lipinski definition) is 0. The lowest BCUT2D eigenvalue weighted by molar-refractivity contribution is 0.0954. The Morgan fingerprint density at radius 3 is 2.29 bits per heavy atom. The van der Waals surface area contributed by atoms with Crippen molar-refractivity contribution in [1.82, 2.24) is 0 Å². The summed E-state index contributed by atoms with van der Waals surface area (Å²) in [4.78, 5) is 12.1. The Balaban J connectivity index is 3.27. The minimum atomic E-state index is -3.53. The third-order valence-corrected chi connectivity index (χ3v) is 5.30. The molecule has 1 rings (SSSR count). The lowest BCUT2D eigenvalue weighted by atomic mass is 10.0. The standard InChI is InChI=1S/C11H12BrFO3S/c1-11(2,17(3,15)16)10(14)7-4-5-9(13)8(12)6-7/h4-6H,1-3H3. The highest BCUT2D eigenvalue weighted by molar-refractivity contribution is 9.10. The first kappa shape index (κ1) is 14.3. The van der Waals surface area contributed by atoms with Crippen LogP contribution in [-0.2, 0) is 9.84 Å². The average Bonchev–Trinajstić information content (AvgIpc) is 2.19. The maximum absolute atomic E-state index is 13.0. The predicted molar refractivity (Wildman–Crippen MR) is 67.4 cm³/mol. The lowest BCUT2D eigenvalue weighted by Crippen LogP contribution is -2.39. The summed E-state index contributed by atoms with van der Waals surface area (Å²) in [5, 5.41) is 0. The number of carbonyl (C=O) groups is 1. The molecular weight excluding hydrogens is 311 g/mol. The molecule has 3 nitrogen and oxygen atoms in total. The molecule has 1 aromatic rings. The molecule has 0 atom stereocenters. The number of halogens is 2. The molecule has 17 heavy (non-hydrogen) atoms. The van der Waals surface area contributed by atoms with Gasteiger partial charge in [0.15, 0.2) is 15.6 Å². The molecule has 0 bridgehead atoms. The summed E-state index contributed by atoms with van der Waals surface area (Å²) in [5.74, 6) is -1.06. The minimum absolute atomic E-state index is 0.132. The molecule has 0 radical (unpaired) electrons. The van der Waals surface area contributed by atoms with Crippen LogP contribution in [0.5, 0.6) is 0 Å². The molecule has 0 aliphatic carbocycles. The predicted octanol–water partition coefficient (Wildman–Crippen LogP) is 2.59. The third kappa shape index (κ3) is 2.74. The number of Topliss-reactive ketones (excluding diaryl/α,β-unsaturated/α-hetero) is 1. The normalized spacial score (nSPS) is 12.5. The summed E-state index contributed by atoms with van der Waals surface area (Å²) in [5.41, 5.74) is 0.161. The Kier molecular flexibility index (Phi) is 3.78. The number of rotatable bonds is 3. The molecule has 0 N–H and O–H groups in total. The fourth-order valence-corrected chi connectivity index (χ4v) is 1.99. The van der Waals surface area contributed by atoms with Crippen LogP contribution < -0.4 is 0 Å². The van der Waals surface area contributed by atoms with Gasteiger partial charge in [-0.2, -0.15) is 0 Å². The Morgan fingerprint density at radius 2 is 1.88 bits per heavy atom. The first-order chi connectivity index (χ1) is 7.57. The minimum Gasteiger partial charge on any atom is -0.292 e. The molecule has 94 valence electrons. The topological polar surface area (TPSA) is 51.2 Å². The second kappa shape index (κ2) is 4.49. The monoisotopic (exact) mass is 322 g/mol. The molecule has 0 aliphatic rings. The van der Waals surface area contributed by atoms with E-state index in [0.717, 1.165) is 12.3 Å². The van der Waals surface area contributed by atoms with Crippen molar-refractivity contribution in [3.05, 3.63) is 34.1 Å². The molecule has 0 unspecified atom stereocenters. The summed E-state index contributed by atoms with van der Waals surface area (Å²) in [6.45, 7) is 2.67. The van der Waals surface area contributed by atoms with Crippen LogP contribution in [0, 0.1) is 5.82 Å². The molecule has 1 aromatic carbocycles. The quantitative estimate of drug-likeness (QED) is 0.804. The second-order valence-corrected chi connectivity index (χ2v) is 7.66. The van der Waals surface area contributed by atoms with Crippen LogP contribution in [0.25, 0.3) is 0 Å². The Labute approximate surface area is 108 Å². The van der Waals surface area contributed by atoms with Crippen LogP contribution >= 0.6 is 15.9 Å². The zero-order valence-corrected chi connectivity index (χ0v) is 12.0. The van der Waals surface area contributed by atoms with Crippen LogP contribution in [-0.4, -0.2) is 25.2 Å². The third-order valence-electron chi connectivity index (χ3n) is 2.66. The highest BCUT2D eigenvalue weighted by Gasteiger charge is 2.38. The van der Waals surface area contributed by atoms with E-state index in [1.54, 1.807) is 0 Å². The van der Waals surface area contributed by atoms with Crippen molar-refractivity contribution in [2.45, 2.75) is 18.6 Å². The Morgan fingerprint density at radius 1 is 1.35 bits per heavy atom. The summed E-state index contributed by atoms with van der Waals surface area (Å²) < 4.78 is 34.7. The van der Waals surface area contributed by atoms with Crippen LogP contribution in [0.2, 0.25) is 0 Å². The van der Waals surface area contributed by atoms with Gasteiger partial charge in [-0.3, -0.25) is 4.79 Å². The molecule has 0 fully saturated rings. The molecule has 0 saturated carbocycles. The zero-order valence-electron chi connectivity index (χ0n) is 9.62. The number of benzene rings is 1. The molecule has 6 heteroatoms.